The van der Waals surface area contributed by atoms with Gasteiger partial charge in [-0.1, -0.05) is 31.4 Å². The van der Waals surface area contributed by atoms with E-state index in [1.807, 2.05) is 25.2 Å². The van der Waals surface area contributed by atoms with Gasteiger partial charge < -0.3 is 10.2 Å². The van der Waals surface area contributed by atoms with Crippen LogP contribution in [0.15, 0.2) is 23.1 Å². The molecular weight excluding hydrogens is 272 g/mol. The maximum atomic E-state index is 10.3. The molecule has 0 aliphatic carbocycles. The van der Waals surface area contributed by atoms with Gasteiger partial charge in [0.15, 0.2) is 0 Å². The Bertz CT molecular complexity index is 306. The molecule has 0 rings (SSSR count). The quantitative estimate of drug-likeness (QED) is 0.345. The smallest absolute Gasteiger partial charge is 0.303 e. The Morgan fingerprint density at radius 2 is 1.75 bits per heavy atom. The van der Waals surface area contributed by atoms with Crippen molar-refractivity contribution in [2.24, 2.45) is 0 Å². The van der Waals surface area contributed by atoms with Crippen molar-refractivity contribution < 1.29 is 15.0 Å². The Morgan fingerprint density at radius 3 is 2.30 bits per heavy atom. The number of rotatable bonds is 11. The Kier molecular flexibility index (Phi) is 18.8. The normalized spacial score (nSPS) is 11.1. The molecule has 0 heterocycles. The molecule has 0 fully saturated rings. The van der Waals surface area contributed by atoms with Gasteiger partial charge in [-0.3, -0.25) is 4.79 Å². The molecule has 0 aromatic rings. The lowest BCUT2D eigenvalue weighted by atomic mass is 10.1. The molecule has 0 unspecified atom stereocenters. The van der Waals surface area contributed by atoms with Gasteiger partial charge in [-0.25, -0.2) is 0 Å². The maximum Gasteiger partial charge on any atom is 0.303 e. The zero-order valence-corrected chi connectivity index (χ0v) is 13.1. The van der Waals surface area contributed by atoms with Gasteiger partial charge in [0.05, 0.1) is 6.61 Å². The second-order valence-electron chi connectivity index (χ2n) is 4.05. The van der Waals surface area contributed by atoms with Crippen molar-refractivity contribution in [3.8, 4) is 12.8 Å². The van der Waals surface area contributed by atoms with E-state index in [0.29, 0.717) is 6.42 Å². The number of allylic oxidation sites excluding steroid dienone is 2. The van der Waals surface area contributed by atoms with Crippen molar-refractivity contribution in [3.05, 3.63) is 23.1 Å². The molecule has 0 aromatic carbocycles. The first-order valence-corrected chi connectivity index (χ1v) is 7.81. The number of aliphatic hydroxyl groups excluding tert-OH is 1. The maximum absolute atomic E-state index is 10.3. The molecule has 0 bridgehead atoms. The average Bonchev–Trinajstić information content (AvgIpc) is 2.44. The van der Waals surface area contributed by atoms with Gasteiger partial charge in [-0.15, -0.1) is 24.6 Å². The van der Waals surface area contributed by atoms with Crippen molar-refractivity contribution >= 4 is 17.7 Å². The molecule has 0 aliphatic rings. The van der Waals surface area contributed by atoms with Crippen molar-refractivity contribution in [1.82, 2.24) is 0 Å². The summed E-state index contributed by atoms with van der Waals surface area (Å²) in [4.78, 5) is 11.4. The van der Waals surface area contributed by atoms with Crippen LogP contribution in [0.25, 0.3) is 0 Å². The van der Waals surface area contributed by atoms with Gasteiger partial charge in [-0.05, 0) is 31.6 Å². The highest BCUT2D eigenvalue weighted by molar-refractivity contribution is 8.03. The molecule has 3 nitrogen and oxygen atoms in total. The van der Waals surface area contributed by atoms with E-state index < -0.39 is 5.97 Å². The standard InChI is InChI=1S/C14H24O3S.C2H2/c1-2-8-13(10-11-15)18-12-7-5-3-4-6-9-14(16)17;1-2/h2,8,10,15H,3-7,9,11-12H2,1H3,(H,16,17);1-2H/b8-2-,13-10+;. The van der Waals surface area contributed by atoms with E-state index in [-0.39, 0.29) is 6.61 Å². The first-order chi connectivity index (χ1) is 9.70. The third kappa shape index (κ3) is 16.8. The highest BCUT2D eigenvalue weighted by Gasteiger charge is 1.97. The fraction of sp³-hybridized carbons (Fsp3) is 0.562. The summed E-state index contributed by atoms with van der Waals surface area (Å²) in [5.41, 5.74) is 0. The number of thioether (sulfide) groups is 1. The number of hydrogen-bond donors (Lipinski definition) is 2. The zero-order valence-electron chi connectivity index (χ0n) is 12.3. The molecule has 0 aromatic heterocycles. The van der Waals surface area contributed by atoms with Gasteiger partial charge in [-0.2, -0.15) is 0 Å². The fourth-order valence-corrected chi connectivity index (χ4v) is 2.54. The number of carboxylic acid groups (broad SMARTS) is 1. The predicted molar refractivity (Wildman–Crippen MR) is 87.7 cm³/mol. The van der Waals surface area contributed by atoms with Gasteiger partial charge >= 0.3 is 5.97 Å². The van der Waals surface area contributed by atoms with E-state index >= 15 is 0 Å². The molecule has 114 valence electrons. The minimum atomic E-state index is -0.698. The Labute approximate surface area is 127 Å². The molecule has 4 heteroatoms. The summed E-state index contributed by atoms with van der Waals surface area (Å²) in [6, 6.07) is 0. The summed E-state index contributed by atoms with van der Waals surface area (Å²) in [5, 5.41) is 17.3. The van der Waals surface area contributed by atoms with Crippen LogP contribution in [0.2, 0.25) is 0 Å². The first kappa shape index (κ1) is 21.1. The van der Waals surface area contributed by atoms with Gasteiger partial charge in [0.25, 0.3) is 0 Å². The number of carboxylic acids is 1. The summed E-state index contributed by atoms with van der Waals surface area (Å²) in [6.07, 6.45) is 19.3. The van der Waals surface area contributed by atoms with Crippen molar-refractivity contribution in [2.45, 2.75) is 45.4 Å². The van der Waals surface area contributed by atoms with Crippen LogP contribution in [-0.4, -0.2) is 28.5 Å². The highest BCUT2D eigenvalue weighted by Crippen LogP contribution is 2.19. The molecule has 0 radical (unpaired) electrons. The molecule has 2 N–H and O–H groups in total. The number of unbranched alkanes of at least 4 members (excludes halogenated alkanes) is 4. The number of terminal acetylenes is 1. The van der Waals surface area contributed by atoms with Crippen molar-refractivity contribution in [2.75, 3.05) is 12.4 Å². The summed E-state index contributed by atoms with van der Waals surface area (Å²) < 4.78 is 0. The lowest BCUT2D eigenvalue weighted by molar-refractivity contribution is -0.137. The molecule has 0 spiro atoms. The molecule has 0 aliphatic heterocycles. The average molecular weight is 298 g/mol. The molecule has 0 amide bonds. The van der Waals surface area contributed by atoms with E-state index in [0.717, 1.165) is 42.8 Å². The van der Waals surface area contributed by atoms with Crippen LogP contribution in [-0.2, 0) is 4.79 Å². The Morgan fingerprint density at radius 1 is 1.15 bits per heavy atom. The lowest BCUT2D eigenvalue weighted by Crippen LogP contribution is -1.93. The number of carbonyl (C=O) groups is 1. The van der Waals surface area contributed by atoms with Crippen molar-refractivity contribution in [1.29, 1.82) is 0 Å². The van der Waals surface area contributed by atoms with E-state index in [1.165, 1.54) is 0 Å². The molecular formula is C16H26O3S. The number of hydrogen-bond acceptors (Lipinski definition) is 3. The van der Waals surface area contributed by atoms with Gasteiger partial charge in [0, 0.05) is 11.3 Å². The fourth-order valence-electron chi connectivity index (χ4n) is 1.53. The summed E-state index contributed by atoms with van der Waals surface area (Å²) in [6.45, 7) is 2.05. The molecule has 0 atom stereocenters. The zero-order chi connectivity index (χ0) is 15.6. The highest BCUT2D eigenvalue weighted by atomic mass is 32.2. The summed E-state index contributed by atoms with van der Waals surface area (Å²) >= 11 is 1.76. The van der Waals surface area contributed by atoms with E-state index in [9.17, 15) is 4.79 Å². The third-order valence-corrected chi connectivity index (χ3v) is 3.56. The monoisotopic (exact) mass is 298 g/mol. The van der Waals surface area contributed by atoms with Crippen molar-refractivity contribution in [3.63, 3.8) is 0 Å². The van der Waals surface area contributed by atoms with Crippen LogP contribution in [0.5, 0.6) is 0 Å². The van der Waals surface area contributed by atoms with E-state index in [2.05, 4.69) is 12.8 Å². The minimum Gasteiger partial charge on any atom is -0.481 e. The second-order valence-corrected chi connectivity index (χ2v) is 5.22. The Hall–Kier alpha value is -1.18. The number of aliphatic hydroxyl groups is 1. The summed E-state index contributed by atoms with van der Waals surface area (Å²) in [7, 11) is 0. The van der Waals surface area contributed by atoms with E-state index in [4.69, 9.17) is 10.2 Å². The topological polar surface area (TPSA) is 57.5 Å². The predicted octanol–water partition coefficient (Wildman–Crippen LogP) is 3.85. The minimum absolute atomic E-state index is 0.0852. The molecule has 0 saturated carbocycles. The Balaban J connectivity index is 0. The first-order valence-electron chi connectivity index (χ1n) is 6.82. The van der Waals surface area contributed by atoms with Crippen LogP contribution < -0.4 is 0 Å². The summed E-state index contributed by atoms with van der Waals surface area (Å²) in [5.74, 6) is 0.352. The van der Waals surface area contributed by atoms with Gasteiger partial charge in [0.1, 0.15) is 0 Å². The SMILES string of the molecule is C#C.C/C=C\C(=C/CO)SCCCCCCCC(=O)O. The van der Waals surface area contributed by atoms with Crippen LogP contribution in [0.1, 0.15) is 45.4 Å². The largest absolute Gasteiger partial charge is 0.481 e. The third-order valence-electron chi connectivity index (χ3n) is 2.43. The van der Waals surface area contributed by atoms with Crippen LogP contribution in [0.3, 0.4) is 0 Å². The van der Waals surface area contributed by atoms with E-state index in [1.54, 1.807) is 11.8 Å². The lowest BCUT2D eigenvalue weighted by Gasteiger charge is -2.02. The van der Waals surface area contributed by atoms with Gasteiger partial charge in [0.2, 0.25) is 0 Å². The van der Waals surface area contributed by atoms with Crippen LogP contribution in [0.4, 0.5) is 0 Å². The van der Waals surface area contributed by atoms with Crippen LogP contribution >= 0.6 is 11.8 Å². The second kappa shape index (κ2) is 17.8. The number of aliphatic carboxylic acids is 1. The van der Waals surface area contributed by atoms with Crippen LogP contribution in [0, 0.1) is 12.8 Å². The molecule has 0 saturated heterocycles. The molecule has 20 heavy (non-hydrogen) atoms.